The minimum atomic E-state index is -0.364. The summed E-state index contributed by atoms with van der Waals surface area (Å²) in [5, 5.41) is 5.92. The Morgan fingerprint density at radius 2 is 1.77 bits per heavy atom. The van der Waals surface area contributed by atoms with Gasteiger partial charge >= 0.3 is 0 Å². The summed E-state index contributed by atoms with van der Waals surface area (Å²) in [5.41, 5.74) is 5.13. The minimum Gasteiger partial charge on any atom is -0.496 e. The summed E-state index contributed by atoms with van der Waals surface area (Å²) in [7, 11) is 1.58. The van der Waals surface area contributed by atoms with E-state index in [1.807, 2.05) is 37.3 Å². The molecule has 0 saturated carbocycles. The van der Waals surface area contributed by atoms with Gasteiger partial charge in [-0.3, -0.25) is 4.79 Å². The predicted octanol–water partition coefficient (Wildman–Crippen LogP) is 7.75. The van der Waals surface area contributed by atoms with Crippen LogP contribution < -0.4 is 10.1 Å². The maximum absolute atomic E-state index is 13.9. The molecule has 4 aromatic carbocycles. The van der Waals surface area contributed by atoms with E-state index in [2.05, 4.69) is 29.6 Å². The van der Waals surface area contributed by atoms with E-state index in [0.717, 1.165) is 32.8 Å². The van der Waals surface area contributed by atoms with Crippen molar-refractivity contribution in [3.05, 3.63) is 102 Å². The van der Waals surface area contributed by atoms with Crippen molar-refractivity contribution in [2.45, 2.75) is 13.8 Å². The van der Waals surface area contributed by atoms with Gasteiger partial charge in [-0.25, -0.2) is 4.39 Å². The molecule has 0 aliphatic carbocycles. The average molecular weight is 466 g/mol. The zero-order valence-electron chi connectivity index (χ0n) is 19.7. The number of furan rings is 1. The number of carbonyl (C=O) groups is 1. The number of anilines is 1. The molecule has 1 amide bonds. The van der Waals surface area contributed by atoms with E-state index in [1.165, 1.54) is 12.1 Å². The fourth-order valence-corrected chi connectivity index (χ4v) is 4.32. The van der Waals surface area contributed by atoms with Gasteiger partial charge in [0.1, 0.15) is 17.1 Å². The van der Waals surface area contributed by atoms with Crippen LogP contribution in [-0.2, 0) is 4.79 Å². The Bertz CT molecular complexity index is 1610. The maximum Gasteiger partial charge on any atom is 0.248 e. The zero-order valence-corrected chi connectivity index (χ0v) is 19.7. The third-order valence-corrected chi connectivity index (χ3v) is 6.19. The van der Waals surface area contributed by atoms with Crippen LogP contribution in [0.3, 0.4) is 0 Å². The number of halogens is 1. The lowest BCUT2D eigenvalue weighted by Crippen LogP contribution is -2.09. The molecule has 0 spiro atoms. The second kappa shape index (κ2) is 9.11. The van der Waals surface area contributed by atoms with E-state index in [0.29, 0.717) is 28.2 Å². The molecule has 0 atom stereocenters. The summed E-state index contributed by atoms with van der Waals surface area (Å²) in [6.07, 6.45) is 3.24. The number of hydrogen-bond donors (Lipinski definition) is 1. The largest absolute Gasteiger partial charge is 0.496 e. The number of fused-ring (bicyclic) bond motifs is 2. The van der Waals surface area contributed by atoms with E-state index in [-0.39, 0.29) is 11.7 Å². The third-order valence-electron chi connectivity index (χ3n) is 6.19. The smallest absolute Gasteiger partial charge is 0.248 e. The van der Waals surface area contributed by atoms with Crippen LogP contribution in [0, 0.1) is 12.7 Å². The summed E-state index contributed by atoms with van der Waals surface area (Å²) in [6, 6.07) is 22.9. The van der Waals surface area contributed by atoms with E-state index < -0.39 is 0 Å². The molecular formula is C30H24FNO3. The Kier molecular flexibility index (Phi) is 5.83. The molecule has 4 nitrogen and oxygen atoms in total. The van der Waals surface area contributed by atoms with Crippen molar-refractivity contribution in [1.29, 1.82) is 0 Å². The molecule has 35 heavy (non-hydrogen) atoms. The SMILES string of the molecule is COc1cc2occ(-c3cccc4ccccc34)c2cc1/C(C)=C/C(=O)Nc1ccc(C)c(F)c1. The molecule has 1 aromatic heterocycles. The number of allylic oxidation sites excluding steroid dienone is 1. The molecule has 0 bridgehead atoms. The lowest BCUT2D eigenvalue weighted by atomic mass is 9.96. The number of benzene rings is 4. The summed E-state index contributed by atoms with van der Waals surface area (Å²) in [5.74, 6) is -0.120. The molecule has 0 unspecified atom stereocenters. The number of carbonyl (C=O) groups excluding carboxylic acids is 1. The predicted molar refractivity (Wildman–Crippen MR) is 139 cm³/mol. The first-order chi connectivity index (χ1) is 16.9. The number of methoxy groups -OCH3 is 1. The molecule has 0 radical (unpaired) electrons. The normalized spacial score (nSPS) is 11.7. The number of amides is 1. The fourth-order valence-electron chi connectivity index (χ4n) is 4.32. The second-order valence-electron chi connectivity index (χ2n) is 8.51. The van der Waals surface area contributed by atoms with Crippen molar-refractivity contribution < 1.29 is 18.3 Å². The van der Waals surface area contributed by atoms with Crippen LogP contribution in [0.4, 0.5) is 10.1 Å². The highest BCUT2D eigenvalue weighted by atomic mass is 19.1. The van der Waals surface area contributed by atoms with Crippen LogP contribution in [0.25, 0.3) is 38.4 Å². The van der Waals surface area contributed by atoms with Crippen LogP contribution in [0.5, 0.6) is 5.75 Å². The topological polar surface area (TPSA) is 51.5 Å². The van der Waals surface area contributed by atoms with Crippen molar-refractivity contribution in [3.8, 4) is 16.9 Å². The van der Waals surface area contributed by atoms with Crippen LogP contribution in [0.2, 0.25) is 0 Å². The van der Waals surface area contributed by atoms with Gasteiger partial charge in [0.2, 0.25) is 5.91 Å². The number of aryl methyl sites for hydroxylation is 1. The summed E-state index contributed by atoms with van der Waals surface area (Å²) in [4.78, 5) is 12.7. The van der Waals surface area contributed by atoms with Gasteiger partial charge in [0, 0.05) is 34.3 Å². The van der Waals surface area contributed by atoms with Crippen LogP contribution >= 0.6 is 0 Å². The number of nitrogens with one attached hydrogen (secondary N) is 1. The van der Waals surface area contributed by atoms with E-state index in [9.17, 15) is 9.18 Å². The molecular weight excluding hydrogens is 441 g/mol. The Morgan fingerprint density at radius 3 is 2.57 bits per heavy atom. The first-order valence-corrected chi connectivity index (χ1v) is 11.3. The molecule has 0 fully saturated rings. The Balaban J connectivity index is 1.55. The highest BCUT2D eigenvalue weighted by molar-refractivity contribution is 6.07. The van der Waals surface area contributed by atoms with Gasteiger partial charge in [0.05, 0.1) is 13.4 Å². The van der Waals surface area contributed by atoms with Gasteiger partial charge in [-0.15, -0.1) is 0 Å². The van der Waals surface area contributed by atoms with E-state index in [4.69, 9.17) is 9.15 Å². The Morgan fingerprint density at radius 1 is 0.971 bits per heavy atom. The monoisotopic (exact) mass is 465 g/mol. The quantitative estimate of drug-likeness (QED) is 0.270. The number of hydrogen-bond acceptors (Lipinski definition) is 3. The van der Waals surface area contributed by atoms with Crippen LogP contribution in [-0.4, -0.2) is 13.0 Å². The second-order valence-corrected chi connectivity index (χ2v) is 8.51. The fraction of sp³-hybridized carbons (Fsp3) is 0.100. The standard InChI is InChI=1S/C30H24FNO3/c1-18-11-12-21(14-27(18)31)32-30(33)13-19(2)24-15-25-26(17-35-29(25)16-28(24)34-3)23-10-6-8-20-7-4-5-9-22(20)23/h4-17H,1-3H3,(H,32,33)/b19-13+. The average Bonchev–Trinajstić information content (AvgIpc) is 3.27. The molecule has 5 aromatic rings. The van der Waals surface area contributed by atoms with Crippen molar-refractivity contribution in [1.82, 2.24) is 0 Å². The molecule has 5 heteroatoms. The lowest BCUT2D eigenvalue weighted by Gasteiger charge is -2.11. The summed E-state index contributed by atoms with van der Waals surface area (Å²) >= 11 is 0. The first kappa shape index (κ1) is 22.4. The molecule has 1 N–H and O–H groups in total. The third kappa shape index (κ3) is 4.28. The van der Waals surface area contributed by atoms with Crippen molar-refractivity contribution in [2.75, 3.05) is 12.4 Å². The van der Waals surface area contributed by atoms with Gasteiger partial charge in [-0.05, 0) is 59.5 Å². The molecule has 174 valence electrons. The lowest BCUT2D eigenvalue weighted by molar-refractivity contribution is -0.111. The van der Waals surface area contributed by atoms with Crippen LogP contribution in [0.15, 0.2) is 89.6 Å². The van der Waals surface area contributed by atoms with Gasteiger partial charge in [-0.2, -0.15) is 0 Å². The maximum atomic E-state index is 13.9. The summed E-state index contributed by atoms with van der Waals surface area (Å²) < 4.78 is 25.4. The van der Waals surface area contributed by atoms with Gasteiger partial charge in [-0.1, -0.05) is 48.5 Å². The molecule has 5 rings (SSSR count). The van der Waals surface area contributed by atoms with Crippen molar-refractivity contribution >= 4 is 38.9 Å². The molecule has 0 aliphatic heterocycles. The Hall–Kier alpha value is -4.38. The van der Waals surface area contributed by atoms with Crippen LogP contribution in [0.1, 0.15) is 18.1 Å². The van der Waals surface area contributed by atoms with Gasteiger partial charge in [0.25, 0.3) is 0 Å². The van der Waals surface area contributed by atoms with Crippen molar-refractivity contribution in [3.63, 3.8) is 0 Å². The van der Waals surface area contributed by atoms with Gasteiger partial charge in [0.15, 0.2) is 0 Å². The van der Waals surface area contributed by atoms with Gasteiger partial charge < -0.3 is 14.5 Å². The van der Waals surface area contributed by atoms with E-state index >= 15 is 0 Å². The van der Waals surface area contributed by atoms with Crippen molar-refractivity contribution in [2.24, 2.45) is 0 Å². The first-order valence-electron chi connectivity index (χ1n) is 11.3. The zero-order chi connectivity index (χ0) is 24.5. The van der Waals surface area contributed by atoms with E-state index in [1.54, 1.807) is 32.4 Å². The minimum absolute atomic E-state index is 0.352. The Labute approximate surface area is 202 Å². The number of rotatable bonds is 5. The highest BCUT2D eigenvalue weighted by Crippen LogP contribution is 2.39. The number of ether oxygens (including phenoxy) is 1. The highest BCUT2D eigenvalue weighted by Gasteiger charge is 2.16. The molecule has 1 heterocycles. The molecule has 0 saturated heterocycles. The summed E-state index contributed by atoms with van der Waals surface area (Å²) in [6.45, 7) is 3.52. The molecule has 0 aliphatic rings.